The fourth-order valence-corrected chi connectivity index (χ4v) is 3.60. The van der Waals surface area contributed by atoms with Crippen LogP contribution >= 0.6 is 0 Å². The number of nitrogens with zero attached hydrogens (tertiary/aromatic N) is 4. The van der Waals surface area contributed by atoms with Crippen LogP contribution in [-0.4, -0.2) is 37.8 Å². The van der Waals surface area contributed by atoms with Gasteiger partial charge in [0.2, 0.25) is 11.7 Å². The van der Waals surface area contributed by atoms with Crippen molar-refractivity contribution in [2.24, 2.45) is 0 Å². The molecular weight excluding hydrogens is 344 g/mol. The van der Waals surface area contributed by atoms with Gasteiger partial charge in [0.1, 0.15) is 17.0 Å². The van der Waals surface area contributed by atoms with Crippen LogP contribution in [0.3, 0.4) is 0 Å². The number of aromatic nitrogens is 3. The molecule has 1 saturated heterocycles. The second kappa shape index (κ2) is 6.61. The number of para-hydroxylation sites is 1. The van der Waals surface area contributed by atoms with Gasteiger partial charge in [-0.2, -0.15) is 4.98 Å². The van der Waals surface area contributed by atoms with E-state index in [4.69, 9.17) is 8.94 Å². The molecule has 4 heterocycles. The van der Waals surface area contributed by atoms with E-state index in [1.54, 1.807) is 6.20 Å². The summed E-state index contributed by atoms with van der Waals surface area (Å²) >= 11 is 0. The van der Waals surface area contributed by atoms with E-state index < -0.39 is 6.10 Å². The van der Waals surface area contributed by atoms with Crippen molar-refractivity contribution in [3.05, 3.63) is 66.4 Å². The lowest BCUT2D eigenvalue weighted by Gasteiger charge is -2.19. The monoisotopic (exact) mass is 362 g/mol. The molecule has 136 valence electrons. The summed E-state index contributed by atoms with van der Waals surface area (Å²) in [6, 6.07) is 15.4. The SMILES string of the molecule is OC1CC(c2nc(-c3ccccn3)no2)N(Cc2cc3ccccc3o2)C1. The number of benzene rings is 1. The molecule has 0 aliphatic carbocycles. The van der Waals surface area contributed by atoms with Crippen LogP contribution in [0, 0.1) is 0 Å². The molecular formula is C20H18N4O3. The van der Waals surface area contributed by atoms with Crippen molar-refractivity contribution in [1.82, 2.24) is 20.0 Å². The van der Waals surface area contributed by atoms with Gasteiger partial charge in [0.15, 0.2) is 0 Å². The Morgan fingerprint density at radius 1 is 1.15 bits per heavy atom. The van der Waals surface area contributed by atoms with Crippen LogP contribution in [-0.2, 0) is 6.54 Å². The van der Waals surface area contributed by atoms with Gasteiger partial charge in [-0.25, -0.2) is 0 Å². The number of likely N-dealkylation sites (tertiary alicyclic amines) is 1. The zero-order valence-corrected chi connectivity index (χ0v) is 14.5. The standard InChI is InChI=1S/C20H18N4O3/c25-14-10-17(20-22-19(23-27-20)16-6-3-4-8-21-16)24(11-14)12-15-9-13-5-1-2-7-18(13)26-15/h1-9,14,17,25H,10-12H2. The maximum absolute atomic E-state index is 10.2. The highest BCUT2D eigenvalue weighted by atomic mass is 16.5. The zero-order chi connectivity index (χ0) is 18.2. The summed E-state index contributed by atoms with van der Waals surface area (Å²) in [6.07, 6.45) is 1.80. The molecule has 0 amide bonds. The van der Waals surface area contributed by atoms with E-state index in [1.807, 2.05) is 48.5 Å². The van der Waals surface area contributed by atoms with E-state index in [2.05, 4.69) is 20.0 Å². The van der Waals surface area contributed by atoms with Crippen molar-refractivity contribution in [2.75, 3.05) is 6.54 Å². The first-order valence-electron chi connectivity index (χ1n) is 8.91. The van der Waals surface area contributed by atoms with Crippen molar-refractivity contribution in [3.8, 4) is 11.5 Å². The number of hydrogen-bond acceptors (Lipinski definition) is 7. The van der Waals surface area contributed by atoms with Gasteiger partial charge >= 0.3 is 0 Å². The molecule has 27 heavy (non-hydrogen) atoms. The third-order valence-electron chi connectivity index (χ3n) is 4.84. The minimum Gasteiger partial charge on any atom is -0.460 e. The van der Waals surface area contributed by atoms with Gasteiger partial charge in [0.25, 0.3) is 0 Å². The molecule has 1 aromatic carbocycles. The van der Waals surface area contributed by atoms with Crippen molar-refractivity contribution in [3.63, 3.8) is 0 Å². The van der Waals surface area contributed by atoms with Gasteiger partial charge < -0.3 is 14.0 Å². The topological polar surface area (TPSA) is 88.4 Å². The van der Waals surface area contributed by atoms with Crippen molar-refractivity contribution < 1.29 is 14.0 Å². The van der Waals surface area contributed by atoms with Crippen molar-refractivity contribution in [2.45, 2.75) is 25.1 Å². The summed E-state index contributed by atoms with van der Waals surface area (Å²) in [4.78, 5) is 10.9. The molecule has 1 aliphatic heterocycles. The molecule has 1 aliphatic rings. The Morgan fingerprint density at radius 3 is 2.89 bits per heavy atom. The van der Waals surface area contributed by atoms with Gasteiger partial charge in [-0.1, -0.05) is 29.4 Å². The highest BCUT2D eigenvalue weighted by Gasteiger charge is 2.36. The fraction of sp³-hybridized carbons (Fsp3) is 0.250. The Balaban J connectivity index is 1.40. The zero-order valence-electron chi connectivity index (χ0n) is 14.5. The van der Waals surface area contributed by atoms with Crippen LogP contribution < -0.4 is 0 Å². The first-order valence-corrected chi connectivity index (χ1v) is 8.91. The number of β-amino-alcohol motifs (C(OH)–C–C–N with tert-alkyl or cyclic N) is 1. The summed E-state index contributed by atoms with van der Waals surface area (Å²) in [6.45, 7) is 1.10. The number of rotatable bonds is 4. The first-order chi connectivity index (χ1) is 13.3. The van der Waals surface area contributed by atoms with Crippen molar-refractivity contribution >= 4 is 11.0 Å². The van der Waals surface area contributed by atoms with Crippen LogP contribution in [0.25, 0.3) is 22.5 Å². The summed E-state index contributed by atoms with van der Waals surface area (Å²) in [5.74, 6) is 1.79. The maximum atomic E-state index is 10.2. The number of fused-ring (bicyclic) bond motifs is 1. The van der Waals surface area contributed by atoms with E-state index in [1.165, 1.54) is 0 Å². The smallest absolute Gasteiger partial charge is 0.244 e. The summed E-state index contributed by atoms with van der Waals surface area (Å²) in [7, 11) is 0. The second-order valence-electron chi connectivity index (χ2n) is 6.76. The van der Waals surface area contributed by atoms with E-state index in [0.717, 1.165) is 16.7 Å². The largest absolute Gasteiger partial charge is 0.460 e. The van der Waals surface area contributed by atoms with Crippen LogP contribution in [0.2, 0.25) is 0 Å². The number of aliphatic hydroxyl groups is 1. The molecule has 2 atom stereocenters. The van der Waals surface area contributed by atoms with E-state index in [0.29, 0.717) is 36.9 Å². The van der Waals surface area contributed by atoms with E-state index in [9.17, 15) is 5.11 Å². The number of aliphatic hydroxyl groups excluding tert-OH is 1. The molecule has 1 N–H and O–H groups in total. The number of pyridine rings is 1. The first kappa shape index (κ1) is 16.2. The Morgan fingerprint density at radius 2 is 2.04 bits per heavy atom. The molecule has 0 bridgehead atoms. The molecule has 4 aromatic rings. The summed E-state index contributed by atoms with van der Waals surface area (Å²) in [5.41, 5.74) is 1.52. The summed E-state index contributed by atoms with van der Waals surface area (Å²) < 4.78 is 11.4. The Kier molecular flexibility index (Phi) is 3.95. The number of furan rings is 1. The quantitative estimate of drug-likeness (QED) is 0.596. The second-order valence-corrected chi connectivity index (χ2v) is 6.76. The van der Waals surface area contributed by atoms with Gasteiger partial charge in [-0.3, -0.25) is 9.88 Å². The van der Waals surface area contributed by atoms with Gasteiger partial charge in [-0.15, -0.1) is 0 Å². The highest BCUT2D eigenvalue weighted by Crippen LogP contribution is 2.34. The van der Waals surface area contributed by atoms with Crippen molar-refractivity contribution in [1.29, 1.82) is 0 Å². The van der Waals surface area contributed by atoms with Crippen LogP contribution in [0.1, 0.15) is 24.1 Å². The van der Waals surface area contributed by atoms with Gasteiger partial charge in [-0.05, 0) is 30.7 Å². The number of hydrogen-bond donors (Lipinski definition) is 1. The fourth-order valence-electron chi connectivity index (χ4n) is 3.60. The van der Waals surface area contributed by atoms with E-state index >= 15 is 0 Å². The summed E-state index contributed by atoms with van der Waals surface area (Å²) in [5, 5.41) is 15.3. The average molecular weight is 362 g/mol. The van der Waals surface area contributed by atoms with Gasteiger partial charge in [0.05, 0.1) is 18.7 Å². The normalized spacial score (nSPS) is 20.5. The lowest BCUT2D eigenvalue weighted by molar-refractivity contribution is 0.164. The minimum atomic E-state index is -0.440. The molecule has 1 fully saturated rings. The molecule has 2 unspecified atom stereocenters. The predicted octanol–water partition coefficient (Wildman–Crippen LogP) is 3.19. The van der Waals surface area contributed by atoms with Crippen LogP contribution in [0.15, 0.2) is 63.7 Å². The lowest BCUT2D eigenvalue weighted by Crippen LogP contribution is -2.24. The molecule has 3 aromatic heterocycles. The van der Waals surface area contributed by atoms with Crippen LogP contribution in [0.4, 0.5) is 0 Å². The molecule has 0 saturated carbocycles. The Bertz CT molecular complexity index is 1030. The third kappa shape index (κ3) is 3.11. The third-order valence-corrected chi connectivity index (χ3v) is 4.84. The maximum Gasteiger partial charge on any atom is 0.244 e. The van der Waals surface area contributed by atoms with Gasteiger partial charge in [0, 0.05) is 18.1 Å². The Hall–Kier alpha value is -3.03. The molecule has 0 radical (unpaired) electrons. The lowest BCUT2D eigenvalue weighted by atomic mass is 10.2. The molecule has 7 heteroatoms. The minimum absolute atomic E-state index is 0.154. The highest BCUT2D eigenvalue weighted by molar-refractivity contribution is 5.77. The molecule has 0 spiro atoms. The van der Waals surface area contributed by atoms with E-state index in [-0.39, 0.29) is 6.04 Å². The molecule has 5 rings (SSSR count). The van der Waals surface area contributed by atoms with Crippen LogP contribution in [0.5, 0.6) is 0 Å². The Labute approximate surface area is 155 Å². The molecule has 7 nitrogen and oxygen atoms in total. The average Bonchev–Trinajstić information content (AvgIpc) is 3.40. The predicted molar refractivity (Wildman–Crippen MR) is 97.5 cm³/mol.